The number of rotatable bonds is 4. The van der Waals surface area contributed by atoms with E-state index in [0.717, 1.165) is 55.6 Å². The van der Waals surface area contributed by atoms with Crippen molar-refractivity contribution in [2.75, 3.05) is 31.1 Å². The third-order valence-corrected chi connectivity index (χ3v) is 4.72. The summed E-state index contributed by atoms with van der Waals surface area (Å²) in [4.78, 5) is 4.67. The van der Waals surface area contributed by atoms with Crippen LogP contribution in [0.15, 0.2) is 28.7 Å². The zero-order valence-corrected chi connectivity index (χ0v) is 13.7. The van der Waals surface area contributed by atoms with Gasteiger partial charge in [-0.25, -0.2) is 0 Å². The van der Waals surface area contributed by atoms with Crippen molar-refractivity contribution in [1.82, 2.24) is 15.1 Å². The topological polar surface area (TPSA) is 69.2 Å². The fourth-order valence-electron chi connectivity index (χ4n) is 3.23. The highest BCUT2D eigenvalue weighted by Gasteiger charge is 2.29. The van der Waals surface area contributed by atoms with E-state index in [-0.39, 0.29) is 0 Å². The molecule has 0 N–H and O–H groups in total. The highest BCUT2D eigenvalue weighted by molar-refractivity contribution is 5.59. The predicted molar refractivity (Wildman–Crippen MR) is 89.5 cm³/mol. The molecule has 1 aromatic heterocycles. The van der Waals surface area contributed by atoms with E-state index in [4.69, 9.17) is 4.42 Å². The van der Waals surface area contributed by atoms with Crippen LogP contribution in [0.4, 0.5) is 5.69 Å². The Morgan fingerprint density at radius 1 is 1.12 bits per heavy atom. The van der Waals surface area contributed by atoms with Crippen LogP contribution in [0.3, 0.4) is 0 Å². The first-order valence-corrected chi connectivity index (χ1v) is 8.62. The predicted octanol–water partition coefficient (Wildman–Crippen LogP) is 2.53. The van der Waals surface area contributed by atoms with Crippen molar-refractivity contribution < 1.29 is 4.42 Å². The summed E-state index contributed by atoms with van der Waals surface area (Å²) >= 11 is 0. The molecule has 0 atom stereocenters. The smallest absolute Gasteiger partial charge is 0.230 e. The second-order valence-corrected chi connectivity index (χ2v) is 6.55. The van der Waals surface area contributed by atoms with Crippen LogP contribution < -0.4 is 4.90 Å². The Hall–Kier alpha value is -2.39. The molecule has 1 aliphatic carbocycles. The molecule has 2 aromatic rings. The second kappa shape index (κ2) is 6.62. The van der Waals surface area contributed by atoms with Crippen LogP contribution in [0.5, 0.6) is 0 Å². The summed E-state index contributed by atoms with van der Waals surface area (Å²) in [6.45, 7) is 4.52. The van der Waals surface area contributed by atoms with Gasteiger partial charge in [0, 0.05) is 32.1 Å². The molecular weight excluding hydrogens is 302 g/mol. The fraction of sp³-hybridized carbons (Fsp3) is 0.500. The van der Waals surface area contributed by atoms with Crippen molar-refractivity contribution in [2.45, 2.75) is 31.7 Å². The Labute approximate surface area is 141 Å². The minimum absolute atomic E-state index is 0.508. The lowest BCUT2D eigenvalue weighted by atomic mass is 10.1. The first-order chi connectivity index (χ1) is 11.8. The van der Waals surface area contributed by atoms with Crippen molar-refractivity contribution in [3.63, 3.8) is 0 Å². The zero-order valence-electron chi connectivity index (χ0n) is 13.7. The minimum Gasteiger partial charge on any atom is -0.424 e. The van der Waals surface area contributed by atoms with Crippen LogP contribution in [0, 0.1) is 11.3 Å². The molecule has 0 radical (unpaired) electrons. The largest absolute Gasteiger partial charge is 0.424 e. The number of nitriles is 1. The SMILES string of the molecule is N#Cc1ccccc1N1CCCN(Cc2nnc(C3CC3)o2)CC1. The van der Waals surface area contributed by atoms with E-state index in [2.05, 4.69) is 26.1 Å². The van der Waals surface area contributed by atoms with Gasteiger partial charge in [0.1, 0.15) is 6.07 Å². The van der Waals surface area contributed by atoms with Crippen LogP contribution in [0.2, 0.25) is 0 Å². The van der Waals surface area contributed by atoms with Crippen molar-refractivity contribution in [3.05, 3.63) is 41.6 Å². The van der Waals surface area contributed by atoms with E-state index in [9.17, 15) is 5.26 Å². The third kappa shape index (κ3) is 3.26. The summed E-state index contributed by atoms with van der Waals surface area (Å²) in [6, 6.07) is 10.1. The van der Waals surface area contributed by atoms with E-state index in [1.165, 1.54) is 12.8 Å². The summed E-state index contributed by atoms with van der Waals surface area (Å²) in [5, 5.41) is 17.7. The highest BCUT2D eigenvalue weighted by Crippen LogP contribution is 2.39. The van der Waals surface area contributed by atoms with Gasteiger partial charge in [0.25, 0.3) is 0 Å². The standard InChI is InChI=1S/C18H21N5O/c19-12-15-4-1-2-5-16(15)23-9-3-8-22(10-11-23)13-17-20-21-18(24-17)14-6-7-14/h1-2,4-5,14H,3,6-11,13H2. The monoisotopic (exact) mass is 323 g/mol. The Morgan fingerprint density at radius 3 is 2.83 bits per heavy atom. The Bertz CT molecular complexity index is 746. The van der Waals surface area contributed by atoms with E-state index in [0.29, 0.717) is 12.5 Å². The summed E-state index contributed by atoms with van der Waals surface area (Å²) in [6.07, 6.45) is 3.42. The van der Waals surface area contributed by atoms with Crippen LogP contribution in [-0.2, 0) is 6.54 Å². The van der Waals surface area contributed by atoms with E-state index >= 15 is 0 Å². The summed E-state index contributed by atoms with van der Waals surface area (Å²) in [7, 11) is 0. The molecule has 6 heteroatoms. The number of nitrogens with zero attached hydrogens (tertiary/aromatic N) is 5. The van der Waals surface area contributed by atoms with E-state index < -0.39 is 0 Å². The van der Waals surface area contributed by atoms with Gasteiger partial charge < -0.3 is 9.32 Å². The maximum Gasteiger partial charge on any atom is 0.230 e. The van der Waals surface area contributed by atoms with Gasteiger partial charge in [-0.05, 0) is 31.4 Å². The van der Waals surface area contributed by atoms with Gasteiger partial charge in [-0.1, -0.05) is 12.1 Å². The Balaban J connectivity index is 1.39. The molecule has 1 saturated carbocycles. The molecule has 4 rings (SSSR count). The fourth-order valence-corrected chi connectivity index (χ4v) is 3.23. The Morgan fingerprint density at radius 2 is 2.00 bits per heavy atom. The number of aromatic nitrogens is 2. The third-order valence-electron chi connectivity index (χ3n) is 4.72. The van der Waals surface area contributed by atoms with Gasteiger partial charge in [0.2, 0.25) is 11.8 Å². The molecule has 124 valence electrons. The number of benzene rings is 1. The molecule has 0 spiro atoms. The van der Waals surface area contributed by atoms with E-state index in [1.807, 2.05) is 24.3 Å². The van der Waals surface area contributed by atoms with Crippen molar-refractivity contribution in [2.24, 2.45) is 0 Å². The average Bonchev–Trinajstić information content (AvgIpc) is 3.40. The molecule has 2 fully saturated rings. The van der Waals surface area contributed by atoms with Crippen molar-refractivity contribution in [3.8, 4) is 6.07 Å². The van der Waals surface area contributed by atoms with Gasteiger partial charge in [-0.2, -0.15) is 5.26 Å². The molecule has 6 nitrogen and oxygen atoms in total. The molecule has 1 saturated heterocycles. The van der Waals surface area contributed by atoms with Crippen LogP contribution in [-0.4, -0.2) is 41.3 Å². The number of anilines is 1. The Kier molecular flexibility index (Phi) is 4.18. The maximum absolute atomic E-state index is 9.30. The van der Waals surface area contributed by atoms with Gasteiger partial charge in [-0.3, -0.25) is 4.90 Å². The van der Waals surface area contributed by atoms with Gasteiger partial charge in [0.05, 0.1) is 17.8 Å². The maximum atomic E-state index is 9.30. The lowest BCUT2D eigenvalue weighted by molar-refractivity contribution is 0.252. The molecular formula is C18H21N5O. The van der Waals surface area contributed by atoms with E-state index in [1.54, 1.807) is 0 Å². The first kappa shape index (κ1) is 15.2. The molecule has 0 amide bonds. The van der Waals surface area contributed by atoms with Crippen LogP contribution in [0.25, 0.3) is 0 Å². The summed E-state index contributed by atoms with van der Waals surface area (Å²) in [5.41, 5.74) is 1.78. The molecule has 24 heavy (non-hydrogen) atoms. The molecule has 1 aromatic carbocycles. The average molecular weight is 323 g/mol. The second-order valence-electron chi connectivity index (χ2n) is 6.55. The van der Waals surface area contributed by atoms with Crippen molar-refractivity contribution in [1.29, 1.82) is 5.26 Å². The molecule has 0 unspecified atom stereocenters. The summed E-state index contributed by atoms with van der Waals surface area (Å²) < 4.78 is 5.78. The molecule has 0 bridgehead atoms. The lowest BCUT2D eigenvalue weighted by Gasteiger charge is -2.24. The van der Waals surface area contributed by atoms with Gasteiger partial charge in [0.15, 0.2) is 0 Å². The zero-order chi connectivity index (χ0) is 16.4. The van der Waals surface area contributed by atoms with Gasteiger partial charge >= 0.3 is 0 Å². The van der Waals surface area contributed by atoms with Crippen LogP contribution in [0.1, 0.15) is 42.5 Å². The first-order valence-electron chi connectivity index (χ1n) is 8.62. The normalized spacial score (nSPS) is 19.0. The number of hydrogen-bond acceptors (Lipinski definition) is 6. The minimum atomic E-state index is 0.508. The van der Waals surface area contributed by atoms with Crippen molar-refractivity contribution >= 4 is 5.69 Å². The number of para-hydroxylation sites is 1. The quantitative estimate of drug-likeness (QED) is 0.861. The highest BCUT2D eigenvalue weighted by atomic mass is 16.4. The van der Waals surface area contributed by atoms with Gasteiger partial charge in [-0.15, -0.1) is 10.2 Å². The molecule has 2 aliphatic rings. The lowest BCUT2D eigenvalue weighted by Crippen LogP contribution is -2.31. The molecule has 1 aliphatic heterocycles. The molecule has 2 heterocycles. The van der Waals surface area contributed by atoms with Crippen LogP contribution >= 0.6 is 0 Å². The summed E-state index contributed by atoms with van der Waals surface area (Å²) in [5.74, 6) is 2.04. The number of hydrogen-bond donors (Lipinski definition) is 0.